The SMILES string of the molecule is CC(C)C(CNC(=O)c1coc(CN)c1)c1cccnc1. The molecule has 21 heavy (non-hydrogen) atoms. The van der Waals surface area contributed by atoms with Gasteiger partial charge in [0.2, 0.25) is 0 Å². The van der Waals surface area contributed by atoms with E-state index in [0.717, 1.165) is 5.56 Å². The summed E-state index contributed by atoms with van der Waals surface area (Å²) in [6.45, 7) is 5.12. The third-order valence-corrected chi connectivity index (χ3v) is 3.52. The van der Waals surface area contributed by atoms with E-state index >= 15 is 0 Å². The molecule has 5 heteroatoms. The van der Waals surface area contributed by atoms with E-state index in [1.807, 2.05) is 18.3 Å². The van der Waals surface area contributed by atoms with Crippen LogP contribution in [0.1, 0.15) is 41.4 Å². The van der Waals surface area contributed by atoms with E-state index in [-0.39, 0.29) is 18.4 Å². The summed E-state index contributed by atoms with van der Waals surface area (Å²) in [6.07, 6.45) is 5.03. The lowest BCUT2D eigenvalue weighted by atomic mass is 9.89. The molecule has 0 aliphatic heterocycles. The normalized spacial score (nSPS) is 12.4. The first-order chi connectivity index (χ1) is 10.1. The van der Waals surface area contributed by atoms with E-state index in [2.05, 4.69) is 24.1 Å². The van der Waals surface area contributed by atoms with E-state index < -0.39 is 0 Å². The molecule has 3 N–H and O–H groups in total. The zero-order chi connectivity index (χ0) is 15.2. The second-order valence-electron chi connectivity index (χ2n) is 5.35. The average molecular weight is 287 g/mol. The molecule has 0 saturated heterocycles. The molecule has 0 bridgehead atoms. The number of aromatic nitrogens is 1. The maximum atomic E-state index is 12.1. The highest BCUT2D eigenvalue weighted by molar-refractivity contribution is 5.94. The maximum Gasteiger partial charge on any atom is 0.254 e. The molecule has 2 heterocycles. The Kier molecular flexibility index (Phi) is 5.11. The summed E-state index contributed by atoms with van der Waals surface area (Å²) in [4.78, 5) is 16.3. The van der Waals surface area contributed by atoms with Crippen LogP contribution < -0.4 is 11.1 Å². The fourth-order valence-electron chi connectivity index (χ4n) is 2.25. The molecule has 0 fully saturated rings. The van der Waals surface area contributed by atoms with Gasteiger partial charge in [-0.25, -0.2) is 0 Å². The average Bonchev–Trinajstić information content (AvgIpc) is 2.97. The lowest BCUT2D eigenvalue weighted by Crippen LogP contribution is -2.30. The van der Waals surface area contributed by atoms with E-state index in [1.54, 1.807) is 12.3 Å². The summed E-state index contributed by atoms with van der Waals surface area (Å²) < 4.78 is 5.18. The van der Waals surface area contributed by atoms with Crippen molar-refractivity contribution in [3.8, 4) is 0 Å². The monoisotopic (exact) mass is 287 g/mol. The van der Waals surface area contributed by atoms with Gasteiger partial charge in [-0.15, -0.1) is 0 Å². The molecule has 0 spiro atoms. The number of amides is 1. The molecule has 1 atom stereocenters. The largest absolute Gasteiger partial charge is 0.467 e. The van der Waals surface area contributed by atoms with Crippen LogP contribution in [0.15, 0.2) is 41.3 Å². The topological polar surface area (TPSA) is 81.2 Å². The van der Waals surface area contributed by atoms with Gasteiger partial charge in [0, 0.05) is 24.9 Å². The summed E-state index contributed by atoms with van der Waals surface area (Å²) in [5, 5.41) is 2.95. The number of carbonyl (C=O) groups excluding carboxylic acids is 1. The third kappa shape index (κ3) is 3.92. The van der Waals surface area contributed by atoms with Crippen LogP contribution in [0.3, 0.4) is 0 Å². The van der Waals surface area contributed by atoms with Crippen LogP contribution in [0, 0.1) is 5.92 Å². The second kappa shape index (κ2) is 7.04. The molecule has 0 saturated carbocycles. The van der Waals surface area contributed by atoms with E-state index in [0.29, 0.717) is 23.8 Å². The fraction of sp³-hybridized carbons (Fsp3) is 0.375. The van der Waals surface area contributed by atoms with E-state index in [1.165, 1.54) is 6.26 Å². The smallest absolute Gasteiger partial charge is 0.254 e. The highest BCUT2D eigenvalue weighted by Gasteiger charge is 2.18. The first kappa shape index (κ1) is 15.3. The Hall–Kier alpha value is -2.14. The van der Waals surface area contributed by atoms with Gasteiger partial charge in [-0.1, -0.05) is 19.9 Å². The van der Waals surface area contributed by atoms with Crippen molar-refractivity contribution in [3.63, 3.8) is 0 Å². The highest BCUT2D eigenvalue weighted by atomic mass is 16.3. The second-order valence-corrected chi connectivity index (χ2v) is 5.35. The van der Waals surface area contributed by atoms with Crippen molar-refractivity contribution < 1.29 is 9.21 Å². The molecule has 0 aromatic carbocycles. The molecule has 2 rings (SSSR count). The van der Waals surface area contributed by atoms with Gasteiger partial charge in [-0.3, -0.25) is 9.78 Å². The Morgan fingerprint density at radius 1 is 1.48 bits per heavy atom. The number of hydrogen-bond donors (Lipinski definition) is 2. The Morgan fingerprint density at radius 2 is 2.29 bits per heavy atom. The Labute approximate surface area is 124 Å². The number of nitrogens with one attached hydrogen (secondary N) is 1. The minimum Gasteiger partial charge on any atom is -0.467 e. The summed E-state index contributed by atoms with van der Waals surface area (Å²) in [6, 6.07) is 5.62. The van der Waals surface area contributed by atoms with Gasteiger partial charge in [-0.2, -0.15) is 0 Å². The minimum absolute atomic E-state index is 0.145. The summed E-state index contributed by atoms with van der Waals surface area (Å²) in [5.41, 5.74) is 7.10. The lowest BCUT2D eigenvalue weighted by molar-refractivity contribution is 0.0948. The number of pyridine rings is 1. The Morgan fingerprint density at radius 3 is 2.86 bits per heavy atom. The summed E-state index contributed by atoms with van der Waals surface area (Å²) in [5.74, 6) is 1.09. The van der Waals surface area contributed by atoms with E-state index in [9.17, 15) is 4.79 Å². The van der Waals surface area contributed by atoms with Crippen LogP contribution in [-0.4, -0.2) is 17.4 Å². The maximum absolute atomic E-state index is 12.1. The molecule has 0 aliphatic carbocycles. The standard InChI is InChI=1S/C16H21N3O2/c1-11(2)15(12-4-3-5-18-8-12)9-19-16(20)13-6-14(7-17)21-10-13/h3-6,8,10-11,15H,7,9,17H2,1-2H3,(H,19,20). The Balaban J connectivity index is 2.00. The molecule has 1 amide bonds. The van der Waals surface area contributed by atoms with Gasteiger partial charge in [0.25, 0.3) is 5.91 Å². The number of nitrogens with zero attached hydrogens (tertiary/aromatic N) is 1. The number of furan rings is 1. The van der Waals surface area contributed by atoms with Crippen molar-refractivity contribution in [1.29, 1.82) is 0 Å². The van der Waals surface area contributed by atoms with Gasteiger partial charge in [-0.05, 0) is 23.6 Å². The van der Waals surface area contributed by atoms with E-state index in [4.69, 9.17) is 10.2 Å². The van der Waals surface area contributed by atoms with Crippen molar-refractivity contribution in [2.45, 2.75) is 26.3 Å². The third-order valence-electron chi connectivity index (χ3n) is 3.52. The zero-order valence-electron chi connectivity index (χ0n) is 12.4. The molecule has 2 aromatic heterocycles. The first-order valence-electron chi connectivity index (χ1n) is 7.07. The van der Waals surface area contributed by atoms with Gasteiger partial charge in [0.1, 0.15) is 12.0 Å². The molecule has 0 aliphatic rings. The number of nitrogens with two attached hydrogens (primary N) is 1. The van der Waals surface area contributed by atoms with Crippen LogP contribution in [0.2, 0.25) is 0 Å². The van der Waals surface area contributed by atoms with Crippen molar-refractivity contribution in [2.24, 2.45) is 11.7 Å². The van der Waals surface area contributed by atoms with Gasteiger partial charge in [0.05, 0.1) is 12.1 Å². The molecular weight excluding hydrogens is 266 g/mol. The Bertz CT molecular complexity index is 578. The predicted octanol–water partition coefficient (Wildman–Crippen LogP) is 2.30. The molecule has 5 nitrogen and oxygen atoms in total. The van der Waals surface area contributed by atoms with Gasteiger partial charge < -0.3 is 15.5 Å². The van der Waals surface area contributed by atoms with Crippen LogP contribution in [0.4, 0.5) is 0 Å². The van der Waals surface area contributed by atoms with Crippen LogP contribution >= 0.6 is 0 Å². The van der Waals surface area contributed by atoms with Crippen molar-refractivity contribution >= 4 is 5.91 Å². The summed E-state index contributed by atoms with van der Waals surface area (Å²) >= 11 is 0. The molecule has 1 unspecified atom stereocenters. The highest BCUT2D eigenvalue weighted by Crippen LogP contribution is 2.22. The van der Waals surface area contributed by atoms with Crippen molar-refractivity contribution in [2.75, 3.05) is 6.54 Å². The van der Waals surface area contributed by atoms with Crippen LogP contribution in [0.5, 0.6) is 0 Å². The first-order valence-corrected chi connectivity index (χ1v) is 7.07. The summed E-state index contributed by atoms with van der Waals surface area (Å²) in [7, 11) is 0. The number of hydrogen-bond acceptors (Lipinski definition) is 4. The zero-order valence-corrected chi connectivity index (χ0v) is 12.4. The van der Waals surface area contributed by atoms with Gasteiger partial charge in [0.15, 0.2) is 0 Å². The minimum atomic E-state index is -0.145. The fourth-order valence-corrected chi connectivity index (χ4v) is 2.25. The molecule has 112 valence electrons. The molecule has 0 radical (unpaired) electrons. The number of rotatable bonds is 6. The van der Waals surface area contributed by atoms with Crippen LogP contribution in [0.25, 0.3) is 0 Å². The van der Waals surface area contributed by atoms with Crippen molar-refractivity contribution in [3.05, 3.63) is 53.7 Å². The van der Waals surface area contributed by atoms with Gasteiger partial charge >= 0.3 is 0 Å². The quantitative estimate of drug-likeness (QED) is 0.854. The predicted molar refractivity (Wildman–Crippen MR) is 80.7 cm³/mol. The molecular formula is C16H21N3O2. The number of carbonyl (C=O) groups is 1. The van der Waals surface area contributed by atoms with Crippen LogP contribution in [-0.2, 0) is 6.54 Å². The molecule has 2 aromatic rings. The lowest BCUT2D eigenvalue weighted by Gasteiger charge is -2.21. The van der Waals surface area contributed by atoms with Crippen molar-refractivity contribution in [1.82, 2.24) is 10.3 Å².